The van der Waals surface area contributed by atoms with Crippen molar-refractivity contribution in [1.82, 2.24) is 5.32 Å². The lowest BCUT2D eigenvalue weighted by atomic mass is 10.2. The maximum Gasteiger partial charge on any atom is 0.271 e. The van der Waals surface area contributed by atoms with Gasteiger partial charge in [-0.1, -0.05) is 11.6 Å². The molecule has 0 saturated carbocycles. The highest BCUT2D eigenvalue weighted by atomic mass is 35.5. The Morgan fingerprint density at radius 3 is 2.75 bits per heavy atom. The molecule has 28 heavy (non-hydrogen) atoms. The SMILES string of the molecule is O=C(CN1C(=O)COc2ccc([N+](=O)[O-])cc21)NCCOc1ccc(Cl)cc1. The molecule has 10 heteroatoms. The summed E-state index contributed by atoms with van der Waals surface area (Å²) in [5, 5.41) is 14.2. The van der Waals surface area contributed by atoms with Gasteiger partial charge in [0.15, 0.2) is 6.61 Å². The number of nitrogens with zero attached hydrogens (tertiary/aromatic N) is 2. The van der Waals surface area contributed by atoms with Crippen molar-refractivity contribution in [3.8, 4) is 11.5 Å². The number of ether oxygens (including phenoxy) is 2. The van der Waals surface area contributed by atoms with Crippen LogP contribution in [0.5, 0.6) is 11.5 Å². The van der Waals surface area contributed by atoms with Crippen LogP contribution in [0.4, 0.5) is 11.4 Å². The average Bonchev–Trinajstić information content (AvgIpc) is 2.68. The van der Waals surface area contributed by atoms with Crippen molar-refractivity contribution in [1.29, 1.82) is 0 Å². The highest BCUT2D eigenvalue weighted by Gasteiger charge is 2.29. The molecule has 9 nitrogen and oxygen atoms in total. The molecule has 0 aliphatic carbocycles. The van der Waals surface area contributed by atoms with E-state index in [4.69, 9.17) is 21.1 Å². The Balaban J connectivity index is 1.56. The first kappa shape index (κ1) is 19.4. The predicted molar refractivity (Wildman–Crippen MR) is 101 cm³/mol. The molecule has 0 bridgehead atoms. The van der Waals surface area contributed by atoms with Crippen LogP contribution in [0.15, 0.2) is 42.5 Å². The minimum atomic E-state index is -0.578. The number of anilines is 1. The molecular weight excluding hydrogens is 390 g/mol. The number of nitro benzene ring substituents is 1. The highest BCUT2D eigenvalue weighted by molar-refractivity contribution is 6.30. The average molecular weight is 406 g/mol. The Labute approximate surface area is 164 Å². The fourth-order valence-electron chi connectivity index (χ4n) is 2.57. The summed E-state index contributed by atoms with van der Waals surface area (Å²) in [6.07, 6.45) is 0. The molecule has 3 rings (SSSR count). The zero-order valence-corrected chi connectivity index (χ0v) is 15.3. The van der Waals surface area contributed by atoms with E-state index in [2.05, 4.69) is 5.32 Å². The predicted octanol–water partition coefficient (Wildman–Crippen LogP) is 2.17. The van der Waals surface area contributed by atoms with Gasteiger partial charge in [0, 0.05) is 17.2 Å². The molecule has 2 aromatic rings. The number of hydrogen-bond donors (Lipinski definition) is 1. The van der Waals surface area contributed by atoms with Crippen molar-refractivity contribution < 1.29 is 24.0 Å². The number of nitro groups is 1. The number of hydrogen-bond acceptors (Lipinski definition) is 6. The number of amides is 2. The Morgan fingerprint density at radius 2 is 2.04 bits per heavy atom. The molecule has 2 amide bonds. The van der Waals surface area contributed by atoms with Crippen molar-refractivity contribution in [3.05, 3.63) is 57.6 Å². The number of carbonyl (C=O) groups excluding carboxylic acids is 2. The molecule has 0 spiro atoms. The van der Waals surface area contributed by atoms with Crippen LogP contribution < -0.4 is 19.7 Å². The standard InChI is InChI=1S/C18H16ClN3O6/c19-12-1-4-14(5-2-12)27-8-7-20-17(23)10-21-15-9-13(22(25)26)3-6-16(15)28-11-18(21)24/h1-6,9H,7-8,10-11H2,(H,20,23). The van der Waals surface area contributed by atoms with Gasteiger partial charge in [-0.15, -0.1) is 0 Å². The highest BCUT2D eigenvalue weighted by Crippen LogP contribution is 2.35. The maximum atomic E-state index is 12.2. The summed E-state index contributed by atoms with van der Waals surface area (Å²) in [5.41, 5.74) is -0.00293. The molecule has 0 fully saturated rings. The fraction of sp³-hybridized carbons (Fsp3) is 0.222. The fourth-order valence-corrected chi connectivity index (χ4v) is 2.69. The van der Waals surface area contributed by atoms with E-state index in [1.54, 1.807) is 24.3 Å². The lowest BCUT2D eigenvalue weighted by Crippen LogP contribution is -2.45. The number of halogens is 1. The van der Waals surface area contributed by atoms with Crippen molar-refractivity contribution in [2.75, 3.05) is 31.2 Å². The second-order valence-electron chi connectivity index (χ2n) is 5.83. The first-order valence-electron chi connectivity index (χ1n) is 8.31. The van der Waals surface area contributed by atoms with Gasteiger partial charge in [0.1, 0.15) is 24.7 Å². The summed E-state index contributed by atoms with van der Waals surface area (Å²) in [4.78, 5) is 35.9. The van der Waals surface area contributed by atoms with Gasteiger partial charge in [-0.05, 0) is 30.3 Å². The normalized spacial score (nSPS) is 12.8. The smallest absolute Gasteiger partial charge is 0.271 e. The van der Waals surface area contributed by atoms with E-state index in [-0.39, 0.29) is 37.7 Å². The van der Waals surface area contributed by atoms with Crippen LogP contribution in [0.1, 0.15) is 0 Å². The molecular formula is C18H16ClN3O6. The molecule has 1 N–H and O–H groups in total. The van der Waals surface area contributed by atoms with Crippen LogP contribution in [0.2, 0.25) is 5.02 Å². The van der Waals surface area contributed by atoms with Gasteiger partial charge in [0.05, 0.1) is 17.2 Å². The minimum Gasteiger partial charge on any atom is -0.492 e. The summed E-state index contributed by atoms with van der Waals surface area (Å²) in [6, 6.07) is 10.7. The third-order valence-electron chi connectivity index (χ3n) is 3.90. The van der Waals surface area contributed by atoms with Crippen LogP contribution in [0.3, 0.4) is 0 Å². The molecule has 0 saturated heterocycles. The largest absolute Gasteiger partial charge is 0.492 e. The van der Waals surface area contributed by atoms with Crippen molar-refractivity contribution in [3.63, 3.8) is 0 Å². The number of carbonyl (C=O) groups is 2. The van der Waals surface area contributed by atoms with Gasteiger partial charge in [0.2, 0.25) is 5.91 Å². The van der Waals surface area contributed by atoms with E-state index in [0.29, 0.717) is 16.5 Å². The molecule has 0 unspecified atom stereocenters. The van der Waals surface area contributed by atoms with Crippen LogP contribution in [0.25, 0.3) is 0 Å². The second-order valence-corrected chi connectivity index (χ2v) is 6.27. The lowest BCUT2D eigenvalue weighted by molar-refractivity contribution is -0.384. The van der Waals surface area contributed by atoms with Crippen molar-refractivity contribution in [2.45, 2.75) is 0 Å². The molecule has 1 aliphatic heterocycles. The number of nitrogens with one attached hydrogen (secondary N) is 1. The minimum absolute atomic E-state index is 0.193. The summed E-state index contributed by atoms with van der Waals surface area (Å²) in [7, 11) is 0. The third-order valence-corrected chi connectivity index (χ3v) is 4.16. The number of fused-ring (bicyclic) bond motifs is 1. The quantitative estimate of drug-likeness (QED) is 0.429. The molecule has 1 aliphatic rings. The third kappa shape index (κ3) is 4.68. The summed E-state index contributed by atoms with van der Waals surface area (Å²) in [5.74, 6) is 0.0419. The monoisotopic (exact) mass is 405 g/mol. The topological polar surface area (TPSA) is 111 Å². The summed E-state index contributed by atoms with van der Waals surface area (Å²) >= 11 is 5.79. The van der Waals surface area contributed by atoms with Gasteiger partial charge >= 0.3 is 0 Å². The molecule has 0 aromatic heterocycles. The van der Waals surface area contributed by atoms with Crippen LogP contribution >= 0.6 is 11.6 Å². The zero-order chi connectivity index (χ0) is 20.1. The Hall–Kier alpha value is -3.33. The maximum absolute atomic E-state index is 12.2. The van der Waals surface area contributed by atoms with Crippen molar-refractivity contribution >= 4 is 34.8 Å². The van der Waals surface area contributed by atoms with Gasteiger partial charge < -0.3 is 14.8 Å². The summed E-state index contributed by atoms with van der Waals surface area (Å²) in [6.45, 7) is -0.0661. The molecule has 146 valence electrons. The Morgan fingerprint density at radius 1 is 1.29 bits per heavy atom. The van der Waals surface area contributed by atoms with Gasteiger partial charge in [0.25, 0.3) is 11.6 Å². The first-order chi connectivity index (χ1) is 13.4. The van der Waals surface area contributed by atoms with Gasteiger partial charge in [-0.2, -0.15) is 0 Å². The van der Waals surface area contributed by atoms with E-state index in [1.807, 2.05) is 0 Å². The summed E-state index contributed by atoms with van der Waals surface area (Å²) < 4.78 is 10.7. The molecule has 0 atom stereocenters. The Bertz CT molecular complexity index is 903. The lowest BCUT2D eigenvalue weighted by Gasteiger charge is -2.28. The molecule has 2 aromatic carbocycles. The van der Waals surface area contributed by atoms with Crippen LogP contribution in [-0.2, 0) is 9.59 Å². The molecule has 1 heterocycles. The number of rotatable bonds is 7. The zero-order valence-electron chi connectivity index (χ0n) is 14.6. The van der Waals surface area contributed by atoms with Gasteiger partial charge in [-0.25, -0.2) is 0 Å². The van der Waals surface area contributed by atoms with E-state index >= 15 is 0 Å². The van der Waals surface area contributed by atoms with Crippen LogP contribution in [0, 0.1) is 10.1 Å². The Kier molecular flexibility index (Phi) is 5.95. The van der Waals surface area contributed by atoms with E-state index in [9.17, 15) is 19.7 Å². The van der Waals surface area contributed by atoms with Crippen molar-refractivity contribution in [2.24, 2.45) is 0 Å². The van der Waals surface area contributed by atoms with E-state index in [0.717, 1.165) is 0 Å². The number of benzene rings is 2. The number of non-ortho nitro benzene ring substituents is 1. The van der Waals surface area contributed by atoms with E-state index < -0.39 is 16.7 Å². The van der Waals surface area contributed by atoms with Crippen LogP contribution in [-0.4, -0.2) is 43.0 Å². The second kappa shape index (κ2) is 8.57. The van der Waals surface area contributed by atoms with E-state index in [1.165, 1.54) is 23.1 Å². The first-order valence-corrected chi connectivity index (χ1v) is 8.68. The van der Waals surface area contributed by atoms with Gasteiger partial charge in [-0.3, -0.25) is 24.6 Å². The molecule has 0 radical (unpaired) electrons.